The summed E-state index contributed by atoms with van der Waals surface area (Å²) in [5.41, 5.74) is 2.14. The molecule has 0 bridgehead atoms. The summed E-state index contributed by atoms with van der Waals surface area (Å²) in [5, 5.41) is 7.61. The molecule has 2 rings (SSSR count). The third-order valence-corrected chi connectivity index (χ3v) is 2.50. The zero-order chi connectivity index (χ0) is 15.8. The first-order valence-corrected chi connectivity index (χ1v) is 7.46. The molecule has 0 aliphatic rings. The highest BCUT2D eigenvalue weighted by molar-refractivity contribution is 5.03. The predicted molar refractivity (Wildman–Crippen MR) is 88.8 cm³/mol. The van der Waals surface area contributed by atoms with Crippen LogP contribution in [0.3, 0.4) is 0 Å². The highest BCUT2D eigenvalue weighted by Crippen LogP contribution is 1.96. The van der Waals surface area contributed by atoms with Crippen molar-refractivity contribution in [2.24, 2.45) is 7.05 Å². The van der Waals surface area contributed by atoms with E-state index in [1.807, 2.05) is 71.1 Å². The zero-order valence-corrected chi connectivity index (χ0v) is 14.2. The van der Waals surface area contributed by atoms with Gasteiger partial charge in [0.15, 0.2) is 0 Å². The number of unbranched alkanes of at least 4 members (excludes halogenated alkanes) is 1. The van der Waals surface area contributed by atoms with Crippen LogP contribution in [-0.4, -0.2) is 15.0 Å². The first-order valence-electron chi connectivity index (χ1n) is 7.46. The standard InChI is InChI=1S/C6H6.C5H9N3.C4H10.C2H6/c1-2-4-6-5-3-1;1-4-5(2)8(3)7-6-4;1-3-4-2;1-2/h1-6H;1-3H3;3-4H2,1-2H3;1-2H3. The van der Waals surface area contributed by atoms with E-state index < -0.39 is 0 Å². The van der Waals surface area contributed by atoms with Gasteiger partial charge in [-0.1, -0.05) is 82.1 Å². The maximum absolute atomic E-state index is 3.83. The molecule has 0 unspecified atom stereocenters. The van der Waals surface area contributed by atoms with E-state index >= 15 is 0 Å². The van der Waals surface area contributed by atoms with Crippen LogP contribution in [0.15, 0.2) is 36.4 Å². The van der Waals surface area contributed by atoms with Crippen molar-refractivity contribution in [2.45, 2.75) is 54.4 Å². The molecule has 0 saturated heterocycles. The summed E-state index contributed by atoms with van der Waals surface area (Å²) in [7, 11) is 1.88. The Morgan fingerprint density at radius 3 is 1.30 bits per heavy atom. The molecule has 0 fully saturated rings. The van der Waals surface area contributed by atoms with Gasteiger partial charge >= 0.3 is 0 Å². The number of nitrogens with zero attached hydrogens (tertiary/aromatic N) is 3. The van der Waals surface area contributed by atoms with E-state index in [0.717, 1.165) is 11.4 Å². The first kappa shape index (κ1) is 20.7. The minimum atomic E-state index is 1.01. The van der Waals surface area contributed by atoms with Crippen molar-refractivity contribution in [1.82, 2.24) is 15.0 Å². The highest BCUT2D eigenvalue weighted by atomic mass is 15.4. The van der Waals surface area contributed by atoms with Crippen molar-refractivity contribution < 1.29 is 0 Å². The van der Waals surface area contributed by atoms with E-state index in [1.165, 1.54) is 12.8 Å². The zero-order valence-electron chi connectivity index (χ0n) is 14.2. The largest absolute Gasteiger partial charge is 0.252 e. The first-order chi connectivity index (χ1) is 9.63. The van der Waals surface area contributed by atoms with Crippen LogP contribution in [-0.2, 0) is 7.05 Å². The van der Waals surface area contributed by atoms with Gasteiger partial charge < -0.3 is 0 Å². The van der Waals surface area contributed by atoms with Gasteiger partial charge in [0.2, 0.25) is 0 Å². The van der Waals surface area contributed by atoms with Crippen LogP contribution in [0, 0.1) is 13.8 Å². The average Bonchev–Trinajstić information content (AvgIpc) is 2.83. The third-order valence-electron chi connectivity index (χ3n) is 2.50. The fourth-order valence-corrected chi connectivity index (χ4v) is 0.893. The lowest BCUT2D eigenvalue weighted by molar-refractivity contribution is 0.696. The van der Waals surface area contributed by atoms with Crippen molar-refractivity contribution in [3.8, 4) is 0 Å². The van der Waals surface area contributed by atoms with E-state index in [4.69, 9.17) is 0 Å². The van der Waals surface area contributed by atoms with E-state index in [0.29, 0.717) is 0 Å². The van der Waals surface area contributed by atoms with Crippen LogP contribution in [0.1, 0.15) is 51.9 Å². The SMILES string of the molecule is CC.CCCC.Cc1nnn(C)c1C.c1ccccc1. The summed E-state index contributed by atoms with van der Waals surface area (Å²) >= 11 is 0. The van der Waals surface area contributed by atoms with Gasteiger partial charge in [-0.15, -0.1) is 5.10 Å². The Morgan fingerprint density at radius 1 is 0.850 bits per heavy atom. The second-order valence-electron chi connectivity index (χ2n) is 4.04. The Bertz CT molecular complexity index is 346. The van der Waals surface area contributed by atoms with Crippen LogP contribution in [0.4, 0.5) is 0 Å². The van der Waals surface area contributed by atoms with Crippen molar-refractivity contribution in [2.75, 3.05) is 0 Å². The lowest BCUT2D eigenvalue weighted by atomic mass is 10.4. The molecule has 1 aromatic carbocycles. The van der Waals surface area contributed by atoms with Gasteiger partial charge in [-0.25, -0.2) is 0 Å². The monoisotopic (exact) mass is 277 g/mol. The molecule has 2 aromatic rings. The van der Waals surface area contributed by atoms with E-state index in [-0.39, 0.29) is 0 Å². The number of aromatic nitrogens is 3. The smallest absolute Gasteiger partial charge is 0.0825 e. The molecule has 0 amide bonds. The van der Waals surface area contributed by atoms with Crippen LogP contribution < -0.4 is 0 Å². The number of rotatable bonds is 1. The van der Waals surface area contributed by atoms with Crippen LogP contribution in [0.25, 0.3) is 0 Å². The summed E-state index contributed by atoms with van der Waals surface area (Å²) in [4.78, 5) is 0. The van der Waals surface area contributed by atoms with Crippen molar-refractivity contribution in [1.29, 1.82) is 0 Å². The second-order valence-corrected chi connectivity index (χ2v) is 4.04. The molecule has 0 aliphatic carbocycles. The lowest BCUT2D eigenvalue weighted by Crippen LogP contribution is -1.92. The van der Waals surface area contributed by atoms with Gasteiger partial charge in [-0.2, -0.15) is 0 Å². The Hall–Kier alpha value is -1.64. The lowest BCUT2D eigenvalue weighted by Gasteiger charge is -1.87. The molecule has 0 saturated carbocycles. The molecule has 1 aromatic heterocycles. The number of hydrogen-bond acceptors (Lipinski definition) is 2. The average molecular weight is 277 g/mol. The fourth-order valence-electron chi connectivity index (χ4n) is 0.893. The maximum atomic E-state index is 3.83. The maximum Gasteiger partial charge on any atom is 0.0825 e. The molecule has 114 valence electrons. The molecule has 0 aliphatic heterocycles. The van der Waals surface area contributed by atoms with E-state index in [1.54, 1.807) is 4.68 Å². The van der Waals surface area contributed by atoms with Gasteiger partial charge in [0.1, 0.15) is 0 Å². The molecule has 0 N–H and O–H groups in total. The quantitative estimate of drug-likeness (QED) is 0.738. The summed E-state index contributed by atoms with van der Waals surface area (Å²) in [6.45, 7) is 12.3. The third kappa shape index (κ3) is 11.5. The topological polar surface area (TPSA) is 30.7 Å². The van der Waals surface area contributed by atoms with Crippen molar-refractivity contribution in [3.05, 3.63) is 47.8 Å². The molecule has 1 heterocycles. The summed E-state index contributed by atoms with van der Waals surface area (Å²) < 4.78 is 1.76. The number of benzene rings is 1. The minimum Gasteiger partial charge on any atom is -0.252 e. The molecule has 20 heavy (non-hydrogen) atoms. The molecule has 0 spiro atoms. The number of aryl methyl sites for hydroxylation is 2. The highest BCUT2D eigenvalue weighted by Gasteiger charge is 1.95. The fraction of sp³-hybridized carbons (Fsp3) is 0.529. The predicted octanol–water partition coefficient (Wildman–Crippen LogP) is 4.95. The normalized spacial score (nSPS) is 8.15. The molecule has 0 atom stereocenters. The summed E-state index contributed by atoms with van der Waals surface area (Å²) in [6.07, 6.45) is 2.64. The minimum absolute atomic E-state index is 1.01. The van der Waals surface area contributed by atoms with Gasteiger partial charge in [-0.05, 0) is 13.8 Å². The Kier molecular flexibility index (Phi) is 15.9. The van der Waals surface area contributed by atoms with Gasteiger partial charge in [0.05, 0.1) is 11.4 Å². The van der Waals surface area contributed by atoms with Gasteiger partial charge in [0, 0.05) is 7.05 Å². The Morgan fingerprint density at radius 2 is 1.20 bits per heavy atom. The second kappa shape index (κ2) is 15.4. The van der Waals surface area contributed by atoms with E-state index in [2.05, 4.69) is 24.2 Å². The van der Waals surface area contributed by atoms with Crippen molar-refractivity contribution in [3.63, 3.8) is 0 Å². The van der Waals surface area contributed by atoms with Gasteiger partial charge in [-0.3, -0.25) is 4.68 Å². The van der Waals surface area contributed by atoms with E-state index in [9.17, 15) is 0 Å². The molecule has 3 nitrogen and oxygen atoms in total. The molecular formula is C17H31N3. The Labute approximate surface area is 125 Å². The molecule has 3 heteroatoms. The van der Waals surface area contributed by atoms with Gasteiger partial charge in [0.25, 0.3) is 0 Å². The molecular weight excluding hydrogens is 246 g/mol. The van der Waals surface area contributed by atoms with Crippen LogP contribution in [0.2, 0.25) is 0 Å². The summed E-state index contributed by atoms with van der Waals surface area (Å²) in [6, 6.07) is 12.0. The molecule has 0 radical (unpaired) electrons. The van der Waals surface area contributed by atoms with Crippen LogP contribution >= 0.6 is 0 Å². The summed E-state index contributed by atoms with van der Waals surface area (Å²) in [5.74, 6) is 0. The Balaban J connectivity index is 0. The number of hydrogen-bond donors (Lipinski definition) is 0. The van der Waals surface area contributed by atoms with Crippen LogP contribution in [0.5, 0.6) is 0 Å². The van der Waals surface area contributed by atoms with Crippen molar-refractivity contribution >= 4 is 0 Å².